The van der Waals surface area contributed by atoms with Gasteiger partial charge in [0, 0.05) is 18.5 Å². The minimum Gasteiger partial charge on any atom is -0.370 e. The van der Waals surface area contributed by atoms with E-state index in [0.717, 1.165) is 19.0 Å². The quantitative estimate of drug-likeness (QED) is 0.453. The molecule has 1 fully saturated rings. The minimum atomic E-state index is 0.0338. The number of hydrogen-bond acceptors (Lipinski definition) is 1. The van der Waals surface area contributed by atoms with Crippen LogP contribution in [-0.2, 0) is 0 Å². The molecule has 3 heteroatoms. The van der Waals surface area contributed by atoms with Gasteiger partial charge in [0.15, 0.2) is 5.96 Å². The van der Waals surface area contributed by atoms with Crippen LogP contribution in [0.3, 0.4) is 0 Å². The summed E-state index contributed by atoms with van der Waals surface area (Å²) < 4.78 is 0. The molecule has 1 saturated heterocycles. The van der Waals surface area contributed by atoms with Crippen molar-refractivity contribution in [2.24, 2.45) is 22.1 Å². The highest BCUT2D eigenvalue weighted by Crippen LogP contribution is 2.18. The molecule has 1 atom stereocenters. The van der Waals surface area contributed by atoms with Gasteiger partial charge < -0.3 is 10.6 Å². The Hall–Kier alpha value is -0.990. The van der Waals surface area contributed by atoms with E-state index < -0.39 is 0 Å². The molecule has 0 amide bonds. The van der Waals surface area contributed by atoms with Crippen molar-refractivity contribution in [2.75, 3.05) is 19.6 Å². The van der Waals surface area contributed by atoms with Crippen LogP contribution in [0.15, 0.2) is 17.6 Å². The van der Waals surface area contributed by atoms with Crippen LogP contribution in [0.5, 0.6) is 0 Å². The SMILES string of the molecule is C=CC(C)(C)CN=C(N)N1CCCC(C)C1. The third-order valence-electron chi connectivity index (χ3n) is 3.18. The molecule has 0 spiro atoms. The van der Waals surface area contributed by atoms with Gasteiger partial charge in [-0.05, 0) is 18.8 Å². The van der Waals surface area contributed by atoms with Crippen molar-refractivity contribution >= 4 is 5.96 Å². The third kappa shape index (κ3) is 3.87. The van der Waals surface area contributed by atoms with E-state index in [0.29, 0.717) is 12.5 Å². The lowest BCUT2D eigenvalue weighted by molar-refractivity contribution is 0.269. The van der Waals surface area contributed by atoms with Crippen LogP contribution in [0.2, 0.25) is 0 Å². The van der Waals surface area contributed by atoms with Crippen LogP contribution in [0.4, 0.5) is 0 Å². The topological polar surface area (TPSA) is 41.6 Å². The van der Waals surface area contributed by atoms with Crippen molar-refractivity contribution in [3.8, 4) is 0 Å². The number of piperidine rings is 1. The molecule has 0 aromatic carbocycles. The molecular formula is C13H25N3. The molecule has 0 radical (unpaired) electrons. The summed E-state index contributed by atoms with van der Waals surface area (Å²) in [6.07, 6.45) is 4.47. The van der Waals surface area contributed by atoms with Crippen molar-refractivity contribution in [1.82, 2.24) is 4.90 Å². The van der Waals surface area contributed by atoms with Crippen molar-refractivity contribution in [3.63, 3.8) is 0 Å². The van der Waals surface area contributed by atoms with Gasteiger partial charge in [0.05, 0.1) is 6.54 Å². The first-order valence-electron chi connectivity index (χ1n) is 6.13. The molecule has 16 heavy (non-hydrogen) atoms. The largest absolute Gasteiger partial charge is 0.370 e. The Morgan fingerprint density at radius 3 is 2.88 bits per heavy atom. The first kappa shape index (κ1) is 13.1. The van der Waals surface area contributed by atoms with Crippen molar-refractivity contribution in [3.05, 3.63) is 12.7 Å². The minimum absolute atomic E-state index is 0.0338. The Morgan fingerprint density at radius 1 is 1.62 bits per heavy atom. The summed E-state index contributed by atoms with van der Waals surface area (Å²) in [6, 6.07) is 0. The Balaban J connectivity index is 2.52. The van der Waals surface area contributed by atoms with Crippen LogP contribution in [0.1, 0.15) is 33.6 Å². The summed E-state index contributed by atoms with van der Waals surface area (Å²) in [5, 5.41) is 0. The molecule has 1 heterocycles. The maximum atomic E-state index is 6.01. The van der Waals surface area contributed by atoms with Gasteiger partial charge in [-0.15, -0.1) is 6.58 Å². The molecule has 3 nitrogen and oxygen atoms in total. The fourth-order valence-electron chi connectivity index (χ4n) is 1.85. The van der Waals surface area contributed by atoms with E-state index in [1.54, 1.807) is 0 Å². The van der Waals surface area contributed by atoms with Crippen molar-refractivity contribution < 1.29 is 0 Å². The van der Waals surface area contributed by atoms with Gasteiger partial charge in [-0.25, -0.2) is 0 Å². The molecule has 0 aromatic rings. The third-order valence-corrected chi connectivity index (χ3v) is 3.18. The van der Waals surface area contributed by atoms with Crippen LogP contribution < -0.4 is 5.73 Å². The van der Waals surface area contributed by atoms with Crippen LogP contribution in [0, 0.1) is 11.3 Å². The van der Waals surface area contributed by atoms with Gasteiger partial charge in [0.25, 0.3) is 0 Å². The van der Waals surface area contributed by atoms with E-state index in [9.17, 15) is 0 Å². The van der Waals surface area contributed by atoms with Gasteiger partial charge in [-0.1, -0.05) is 26.8 Å². The number of aliphatic imine (C=N–C) groups is 1. The van der Waals surface area contributed by atoms with Gasteiger partial charge in [-0.3, -0.25) is 4.99 Å². The fourth-order valence-corrected chi connectivity index (χ4v) is 1.85. The summed E-state index contributed by atoms with van der Waals surface area (Å²) in [6.45, 7) is 13.1. The second-order valence-corrected chi connectivity index (χ2v) is 5.56. The summed E-state index contributed by atoms with van der Waals surface area (Å²) in [5.74, 6) is 1.43. The maximum Gasteiger partial charge on any atom is 0.191 e. The number of rotatable bonds is 3. The zero-order chi connectivity index (χ0) is 12.2. The van der Waals surface area contributed by atoms with E-state index in [1.807, 2.05) is 6.08 Å². The molecule has 0 aliphatic carbocycles. The highest BCUT2D eigenvalue weighted by Gasteiger charge is 2.18. The summed E-state index contributed by atoms with van der Waals surface area (Å²) in [4.78, 5) is 6.68. The Bertz CT molecular complexity index is 268. The number of nitrogens with zero attached hydrogens (tertiary/aromatic N) is 2. The van der Waals surface area contributed by atoms with Crippen LogP contribution in [0.25, 0.3) is 0 Å². The lowest BCUT2D eigenvalue weighted by atomic mass is 9.94. The van der Waals surface area contributed by atoms with Crippen molar-refractivity contribution in [2.45, 2.75) is 33.6 Å². The van der Waals surface area contributed by atoms with Crippen LogP contribution >= 0.6 is 0 Å². The Labute approximate surface area is 99.4 Å². The highest BCUT2D eigenvalue weighted by atomic mass is 15.3. The van der Waals surface area contributed by atoms with E-state index in [2.05, 4.69) is 37.2 Å². The Morgan fingerprint density at radius 2 is 2.31 bits per heavy atom. The van der Waals surface area contributed by atoms with E-state index in [4.69, 9.17) is 5.73 Å². The number of likely N-dealkylation sites (tertiary alicyclic amines) is 1. The molecule has 1 aliphatic heterocycles. The number of nitrogens with two attached hydrogens (primary N) is 1. The maximum absolute atomic E-state index is 6.01. The summed E-state index contributed by atoms with van der Waals surface area (Å²) in [5.41, 5.74) is 6.05. The predicted molar refractivity (Wildman–Crippen MR) is 70.4 cm³/mol. The van der Waals surface area contributed by atoms with Gasteiger partial charge in [-0.2, -0.15) is 0 Å². The second kappa shape index (κ2) is 5.37. The Kier molecular flexibility index (Phi) is 4.39. The summed E-state index contributed by atoms with van der Waals surface area (Å²) in [7, 11) is 0. The summed E-state index contributed by atoms with van der Waals surface area (Å²) >= 11 is 0. The van der Waals surface area contributed by atoms with Gasteiger partial charge in [0.2, 0.25) is 0 Å². The van der Waals surface area contributed by atoms with Gasteiger partial charge >= 0.3 is 0 Å². The van der Waals surface area contributed by atoms with Crippen molar-refractivity contribution in [1.29, 1.82) is 0 Å². The first-order valence-corrected chi connectivity index (χ1v) is 6.13. The lowest BCUT2D eigenvalue weighted by Crippen LogP contribution is -2.43. The fraction of sp³-hybridized carbons (Fsp3) is 0.769. The average Bonchev–Trinajstić information content (AvgIpc) is 2.26. The first-order chi connectivity index (χ1) is 7.44. The van der Waals surface area contributed by atoms with E-state index >= 15 is 0 Å². The molecule has 0 bridgehead atoms. The molecule has 0 aromatic heterocycles. The van der Waals surface area contributed by atoms with Gasteiger partial charge in [0.1, 0.15) is 0 Å². The zero-order valence-corrected chi connectivity index (χ0v) is 10.9. The predicted octanol–water partition coefficient (Wildman–Crippen LogP) is 2.25. The zero-order valence-electron chi connectivity index (χ0n) is 10.9. The lowest BCUT2D eigenvalue weighted by Gasteiger charge is -2.32. The average molecular weight is 223 g/mol. The molecular weight excluding hydrogens is 198 g/mol. The molecule has 2 N–H and O–H groups in total. The van der Waals surface area contributed by atoms with E-state index in [1.165, 1.54) is 12.8 Å². The molecule has 1 unspecified atom stereocenters. The monoisotopic (exact) mass is 223 g/mol. The normalized spacial score (nSPS) is 23.3. The number of guanidine groups is 1. The second-order valence-electron chi connectivity index (χ2n) is 5.56. The number of hydrogen-bond donors (Lipinski definition) is 1. The smallest absolute Gasteiger partial charge is 0.191 e. The molecule has 92 valence electrons. The van der Waals surface area contributed by atoms with Crippen LogP contribution in [-0.4, -0.2) is 30.5 Å². The molecule has 1 aliphatic rings. The molecule has 1 rings (SSSR count). The van der Waals surface area contributed by atoms with E-state index in [-0.39, 0.29) is 5.41 Å². The standard InChI is InChI=1S/C13H25N3/c1-5-13(3,4)10-15-12(14)16-8-6-7-11(2)9-16/h5,11H,1,6-10H2,2-4H3,(H2,14,15). The highest BCUT2D eigenvalue weighted by molar-refractivity contribution is 5.78. The molecule has 0 saturated carbocycles.